The third kappa shape index (κ3) is 14.7. The maximum atomic E-state index is 12.7. The molecule has 0 radical (unpaired) electrons. The van der Waals surface area contributed by atoms with Gasteiger partial charge in [-0.1, -0.05) is 121 Å². The van der Waals surface area contributed by atoms with E-state index in [9.17, 15) is 15.0 Å². The van der Waals surface area contributed by atoms with Gasteiger partial charge in [0.15, 0.2) is 0 Å². The number of carbonyl (C=O) groups is 1. The number of aliphatic hydroxyl groups excluding tert-OH is 2. The van der Waals surface area contributed by atoms with Gasteiger partial charge >= 0.3 is 6.09 Å². The van der Waals surface area contributed by atoms with Crippen LogP contribution in [-0.4, -0.2) is 78.1 Å². The smallest absolute Gasteiger partial charge is 0.412 e. The number of carbonyl (C=O) groups excluding carboxylic acids is 1. The molecule has 7 atom stereocenters. The molecule has 1 aromatic carbocycles. The molecule has 0 spiro atoms. The highest BCUT2D eigenvalue weighted by atomic mass is 32.2. The molecule has 5 rings (SSSR count). The quantitative estimate of drug-likeness (QED) is 0.0379. The first-order valence-electron chi connectivity index (χ1n) is 24.9. The van der Waals surface area contributed by atoms with Crippen molar-refractivity contribution >= 4 is 23.6 Å². The highest BCUT2D eigenvalue weighted by Crippen LogP contribution is 2.62. The zero-order valence-electron chi connectivity index (χ0n) is 38.5. The van der Waals surface area contributed by atoms with E-state index in [1.165, 1.54) is 83.5 Å². The van der Waals surface area contributed by atoms with Crippen LogP contribution in [-0.2, 0) is 14.3 Å². The summed E-state index contributed by atoms with van der Waals surface area (Å²) < 4.78 is 26.2. The van der Waals surface area contributed by atoms with Crippen LogP contribution in [0.1, 0.15) is 179 Å². The summed E-state index contributed by atoms with van der Waals surface area (Å²) in [6, 6.07) is 5.76. The van der Waals surface area contributed by atoms with Gasteiger partial charge in [0.2, 0.25) is 12.1 Å². The van der Waals surface area contributed by atoms with Crippen molar-refractivity contribution in [3.63, 3.8) is 0 Å². The van der Waals surface area contributed by atoms with Gasteiger partial charge in [-0.2, -0.15) is 11.8 Å². The molecule has 10 nitrogen and oxygen atoms in total. The Hall–Kier alpha value is -2.57. The van der Waals surface area contributed by atoms with Crippen LogP contribution < -0.4 is 14.8 Å². The lowest BCUT2D eigenvalue weighted by atomic mass is 9.56. The van der Waals surface area contributed by atoms with E-state index in [1.807, 2.05) is 43.0 Å². The standard InChI is InChI=1S/C51H82N2O8S/c1-4-7-8-9-10-11-12-13-14-15-16-17-18-25-35-62-46-38-44(53-61-47-28-21-24-34-57-47)42-36-39(26-19-22-31-54)41(27-20-23-32-55)48-43-37-40(59-50(56)52-6-3)29-30-45(43)60-51(46,49(42)48)58-33-5-2/h5,29-30,36-37,39,41,46-49,54-55H,2,4,6-28,31-35,38H2,1,3H3,(H,52,56)/t39-,41+,46-,47?,48+,49+,51+/m0/s1. The Kier molecular flexibility index (Phi) is 23.1. The minimum Gasteiger partial charge on any atom is -0.460 e. The van der Waals surface area contributed by atoms with Gasteiger partial charge in [0.25, 0.3) is 0 Å². The Morgan fingerprint density at radius 3 is 2.26 bits per heavy atom. The fraction of sp³-hybridized carbons (Fsp3) is 0.765. The summed E-state index contributed by atoms with van der Waals surface area (Å²) in [6.45, 7) is 9.99. The third-order valence-corrected chi connectivity index (χ3v) is 14.8. The molecule has 1 unspecified atom stereocenters. The van der Waals surface area contributed by atoms with Crippen LogP contribution in [0.3, 0.4) is 0 Å². The van der Waals surface area contributed by atoms with E-state index < -0.39 is 11.9 Å². The second kappa shape index (κ2) is 28.4. The predicted molar refractivity (Wildman–Crippen MR) is 252 cm³/mol. The number of hydrogen-bond donors (Lipinski definition) is 3. The summed E-state index contributed by atoms with van der Waals surface area (Å²) in [6.07, 6.45) is 30.5. The van der Waals surface area contributed by atoms with Crippen LogP contribution in [0.25, 0.3) is 0 Å². The average Bonchev–Trinajstić information content (AvgIpc) is 3.28. The number of rotatable bonds is 31. The number of ether oxygens (including phenoxy) is 4. The number of fused-ring (bicyclic) bond motifs is 2. The minimum atomic E-state index is -1.02. The van der Waals surface area contributed by atoms with Crippen molar-refractivity contribution in [2.45, 2.75) is 191 Å². The average molecular weight is 883 g/mol. The molecule has 2 aliphatic heterocycles. The number of thioether (sulfide) groups is 1. The summed E-state index contributed by atoms with van der Waals surface area (Å²) in [4.78, 5) is 19.0. The molecule has 1 amide bonds. The lowest BCUT2D eigenvalue weighted by Gasteiger charge is -2.58. The number of allylic oxidation sites excluding steroid dienone is 1. The number of unbranched alkanes of at least 4 members (excludes halogenated alkanes) is 15. The van der Waals surface area contributed by atoms with Crippen molar-refractivity contribution in [3.8, 4) is 11.5 Å². The van der Waals surface area contributed by atoms with Gasteiger partial charge in [0, 0.05) is 44.1 Å². The number of aliphatic hydroxyl groups is 2. The normalized spacial score (nSPS) is 25.9. The van der Waals surface area contributed by atoms with Crippen LogP contribution in [0.4, 0.5) is 4.79 Å². The van der Waals surface area contributed by atoms with E-state index >= 15 is 0 Å². The Morgan fingerprint density at radius 1 is 0.919 bits per heavy atom. The lowest BCUT2D eigenvalue weighted by Crippen LogP contribution is -2.64. The van der Waals surface area contributed by atoms with Crippen molar-refractivity contribution in [1.29, 1.82) is 0 Å². The fourth-order valence-electron chi connectivity index (χ4n) is 10.3. The van der Waals surface area contributed by atoms with Gasteiger partial charge in [-0.25, -0.2) is 4.79 Å². The SMILES string of the molecule is C=CCO[C@@]12Oc3ccc(OC(=O)NCC)cc3[C@H]3[C@H](CCCCO)[C@@H](CCCCO)C=C(C(=NOC4CCCCO4)C[C@@H]1SCCCCCCCCCCCCCCCC)[C@H]32. The van der Waals surface area contributed by atoms with Gasteiger partial charge in [-0.15, -0.1) is 6.58 Å². The molecule has 1 saturated heterocycles. The lowest BCUT2D eigenvalue weighted by molar-refractivity contribution is -0.223. The third-order valence-electron chi connectivity index (χ3n) is 13.4. The summed E-state index contributed by atoms with van der Waals surface area (Å²) in [5, 5.41) is 27.4. The Bertz CT molecular complexity index is 1520. The molecule has 11 heteroatoms. The molecule has 3 N–H and O–H groups in total. The van der Waals surface area contributed by atoms with Gasteiger partial charge in [0.05, 0.1) is 30.1 Å². The molecule has 1 aromatic rings. The zero-order valence-corrected chi connectivity index (χ0v) is 39.3. The van der Waals surface area contributed by atoms with Gasteiger partial charge in [0.1, 0.15) is 11.5 Å². The Balaban J connectivity index is 1.42. The van der Waals surface area contributed by atoms with Crippen LogP contribution in [0, 0.1) is 17.8 Å². The first-order valence-corrected chi connectivity index (χ1v) is 26.0. The number of hydrogen-bond acceptors (Lipinski definition) is 10. The second-order valence-corrected chi connectivity index (χ2v) is 19.3. The molecule has 0 bridgehead atoms. The summed E-state index contributed by atoms with van der Waals surface area (Å²) >= 11 is 1.93. The van der Waals surface area contributed by atoms with E-state index in [0.717, 1.165) is 92.6 Å². The molecule has 0 aromatic heterocycles. The van der Waals surface area contributed by atoms with Crippen molar-refractivity contribution in [2.75, 3.05) is 38.7 Å². The Labute approximate surface area is 378 Å². The van der Waals surface area contributed by atoms with Crippen LogP contribution >= 0.6 is 11.8 Å². The molecule has 2 aliphatic carbocycles. The maximum absolute atomic E-state index is 12.7. The molecule has 4 aliphatic rings. The van der Waals surface area contributed by atoms with E-state index in [2.05, 4.69) is 24.9 Å². The highest BCUT2D eigenvalue weighted by Gasteiger charge is 2.64. The monoisotopic (exact) mass is 883 g/mol. The van der Waals surface area contributed by atoms with Crippen molar-refractivity contribution in [3.05, 3.63) is 48.1 Å². The number of nitrogens with one attached hydrogen (secondary N) is 1. The van der Waals surface area contributed by atoms with Crippen molar-refractivity contribution in [2.24, 2.45) is 22.9 Å². The first-order chi connectivity index (χ1) is 30.5. The van der Waals surface area contributed by atoms with E-state index in [4.69, 9.17) is 28.9 Å². The van der Waals surface area contributed by atoms with Crippen LogP contribution in [0.15, 0.2) is 47.7 Å². The predicted octanol–water partition coefficient (Wildman–Crippen LogP) is 12.2. The summed E-state index contributed by atoms with van der Waals surface area (Å²) in [5.74, 6) is 1.20. The number of nitrogens with zero attached hydrogens (tertiary/aromatic N) is 1. The van der Waals surface area contributed by atoms with Crippen LogP contribution in [0.2, 0.25) is 0 Å². The van der Waals surface area contributed by atoms with Gasteiger partial charge < -0.3 is 39.3 Å². The fourth-order valence-corrected chi connectivity index (χ4v) is 11.7. The van der Waals surface area contributed by atoms with E-state index in [1.54, 1.807) is 0 Å². The molecular weight excluding hydrogens is 801 g/mol. The summed E-state index contributed by atoms with van der Waals surface area (Å²) in [7, 11) is 0. The maximum Gasteiger partial charge on any atom is 0.412 e. The number of benzene rings is 1. The number of oxime groups is 1. The Morgan fingerprint density at radius 2 is 1.61 bits per heavy atom. The molecule has 350 valence electrons. The topological polar surface area (TPSA) is 128 Å². The largest absolute Gasteiger partial charge is 0.460 e. The van der Waals surface area contributed by atoms with E-state index in [0.29, 0.717) is 31.9 Å². The summed E-state index contributed by atoms with van der Waals surface area (Å²) in [5.41, 5.74) is 3.01. The molecule has 62 heavy (non-hydrogen) atoms. The molecule has 1 saturated carbocycles. The first kappa shape index (κ1) is 50.4. The van der Waals surface area contributed by atoms with Gasteiger partial charge in [-0.05, 0) is 93.2 Å². The molecule has 2 heterocycles. The number of amides is 1. The molecule has 2 fully saturated rings. The van der Waals surface area contributed by atoms with Crippen molar-refractivity contribution < 1.29 is 38.8 Å². The zero-order chi connectivity index (χ0) is 43.8. The van der Waals surface area contributed by atoms with E-state index in [-0.39, 0.29) is 48.4 Å². The van der Waals surface area contributed by atoms with Gasteiger partial charge in [-0.3, -0.25) is 0 Å². The van der Waals surface area contributed by atoms with Crippen molar-refractivity contribution in [1.82, 2.24) is 5.32 Å². The minimum absolute atomic E-state index is 0.0697. The highest BCUT2D eigenvalue weighted by molar-refractivity contribution is 8.00. The molecular formula is C51H82N2O8S. The second-order valence-electron chi connectivity index (χ2n) is 18.0. The van der Waals surface area contributed by atoms with Crippen LogP contribution in [0.5, 0.6) is 11.5 Å².